The SMILES string of the molecule is CC#CCNC1(C)C=CC(=O)C=C1. The molecule has 68 valence electrons. The molecule has 13 heavy (non-hydrogen) atoms. The van der Waals surface area contributed by atoms with E-state index in [9.17, 15) is 4.79 Å². The molecule has 0 aliphatic heterocycles. The molecule has 0 spiro atoms. The van der Waals surface area contributed by atoms with Crippen LogP contribution in [0.15, 0.2) is 24.3 Å². The molecular formula is C11H13NO. The van der Waals surface area contributed by atoms with Crippen molar-refractivity contribution >= 4 is 5.78 Å². The molecule has 0 amide bonds. The summed E-state index contributed by atoms with van der Waals surface area (Å²) in [6.07, 6.45) is 6.86. The Morgan fingerprint density at radius 2 is 2.08 bits per heavy atom. The van der Waals surface area contributed by atoms with Gasteiger partial charge in [0.05, 0.1) is 12.1 Å². The maximum atomic E-state index is 10.9. The van der Waals surface area contributed by atoms with E-state index in [1.54, 1.807) is 19.1 Å². The first-order valence-corrected chi connectivity index (χ1v) is 4.23. The van der Waals surface area contributed by atoms with Crippen molar-refractivity contribution in [2.24, 2.45) is 0 Å². The first kappa shape index (κ1) is 9.76. The second kappa shape index (κ2) is 4.06. The molecule has 0 fully saturated rings. The summed E-state index contributed by atoms with van der Waals surface area (Å²) in [7, 11) is 0. The molecule has 2 nitrogen and oxygen atoms in total. The van der Waals surface area contributed by atoms with E-state index in [1.807, 2.05) is 19.1 Å². The molecule has 0 radical (unpaired) electrons. The van der Waals surface area contributed by atoms with Gasteiger partial charge in [-0.25, -0.2) is 0 Å². The third-order valence-corrected chi connectivity index (χ3v) is 1.92. The number of nitrogens with one attached hydrogen (secondary N) is 1. The Kier molecular flexibility index (Phi) is 3.05. The van der Waals surface area contributed by atoms with Gasteiger partial charge in [-0.2, -0.15) is 0 Å². The van der Waals surface area contributed by atoms with Crippen molar-refractivity contribution in [3.8, 4) is 11.8 Å². The molecule has 1 rings (SSSR count). The highest BCUT2D eigenvalue weighted by molar-refractivity contribution is 6.00. The summed E-state index contributed by atoms with van der Waals surface area (Å²) >= 11 is 0. The van der Waals surface area contributed by atoms with Gasteiger partial charge in [-0.05, 0) is 26.0 Å². The fraction of sp³-hybridized carbons (Fsp3) is 0.364. The second-order valence-corrected chi connectivity index (χ2v) is 3.13. The van der Waals surface area contributed by atoms with Gasteiger partial charge in [-0.15, -0.1) is 5.92 Å². The fourth-order valence-corrected chi connectivity index (χ4v) is 1.06. The Bertz CT molecular complexity index is 299. The topological polar surface area (TPSA) is 29.1 Å². The summed E-state index contributed by atoms with van der Waals surface area (Å²) in [6.45, 7) is 4.44. The molecule has 0 aromatic heterocycles. The van der Waals surface area contributed by atoms with E-state index in [0.717, 1.165) is 0 Å². The minimum atomic E-state index is -0.224. The van der Waals surface area contributed by atoms with E-state index >= 15 is 0 Å². The van der Waals surface area contributed by atoms with Crippen molar-refractivity contribution in [2.75, 3.05) is 6.54 Å². The second-order valence-electron chi connectivity index (χ2n) is 3.13. The number of allylic oxidation sites excluding steroid dienone is 2. The molecule has 2 heteroatoms. The molecule has 0 aromatic rings. The van der Waals surface area contributed by atoms with Crippen LogP contribution in [0.4, 0.5) is 0 Å². The number of hydrogen-bond acceptors (Lipinski definition) is 2. The first-order valence-electron chi connectivity index (χ1n) is 4.23. The summed E-state index contributed by atoms with van der Waals surface area (Å²) in [5.74, 6) is 5.77. The lowest BCUT2D eigenvalue weighted by molar-refractivity contribution is -0.110. The molecule has 1 N–H and O–H groups in total. The van der Waals surface area contributed by atoms with Gasteiger partial charge < -0.3 is 0 Å². The van der Waals surface area contributed by atoms with Crippen LogP contribution in [0, 0.1) is 11.8 Å². The predicted octanol–water partition coefficient (Wildman–Crippen LogP) is 1.05. The molecule has 0 aromatic carbocycles. The third-order valence-electron chi connectivity index (χ3n) is 1.92. The van der Waals surface area contributed by atoms with Gasteiger partial charge in [0.1, 0.15) is 0 Å². The summed E-state index contributed by atoms with van der Waals surface area (Å²) < 4.78 is 0. The van der Waals surface area contributed by atoms with E-state index in [2.05, 4.69) is 17.2 Å². The number of hydrogen-bond donors (Lipinski definition) is 1. The monoisotopic (exact) mass is 175 g/mol. The van der Waals surface area contributed by atoms with Gasteiger partial charge in [0.2, 0.25) is 0 Å². The minimum absolute atomic E-state index is 0.0425. The summed E-state index contributed by atoms with van der Waals surface area (Å²) in [5, 5.41) is 3.22. The van der Waals surface area contributed by atoms with Crippen molar-refractivity contribution in [1.82, 2.24) is 5.32 Å². The van der Waals surface area contributed by atoms with Crippen molar-refractivity contribution in [1.29, 1.82) is 0 Å². The Hall–Kier alpha value is -1.33. The number of carbonyl (C=O) groups excluding carboxylic acids is 1. The largest absolute Gasteiger partial charge is 0.294 e. The molecule has 0 bridgehead atoms. The van der Waals surface area contributed by atoms with Gasteiger partial charge in [-0.1, -0.05) is 18.1 Å². The van der Waals surface area contributed by atoms with Crippen molar-refractivity contribution in [2.45, 2.75) is 19.4 Å². The third kappa shape index (κ3) is 2.89. The van der Waals surface area contributed by atoms with Gasteiger partial charge >= 0.3 is 0 Å². The first-order chi connectivity index (χ1) is 6.16. The fourth-order valence-electron chi connectivity index (χ4n) is 1.06. The average Bonchev–Trinajstić information content (AvgIpc) is 2.12. The predicted molar refractivity (Wildman–Crippen MR) is 53.1 cm³/mol. The summed E-state index contributed by atoms with van der Waals surface area (Å²) in [6, 6.07) is 0. The van der Waals surface area contributed by atoms with E-state index in [1.165, 1.54) is 0 Å². The summed E-state index contributed by atoms with van der Waals surface area (Å²) in [5.41, 5.74) is -0.224. The maximum absolute atomic E-state index is 10.9. The molecule has 0 unspecified atom stereocenters. The molecule has 0 heterocycles. The Labute approximate surface area is 78.7 Å². The van der Waals surface area contributed by atoms with Gasteiger partial charge in [-0.3, -0.25) is 10.1 Å². The Morgan fingerprint density at radius 3 is 2.62 bits per heavy atom. The van der Waals surface area contributed by atoms with Crippen LogP contribution in [0.5, 0.6) is 0 Å². The van der Waals surface area contributed by atoms with Crippen LogP contribution in [0.2, 0.25) is 0 Å². The lowest BCUT2D eigenvalue weighted by atomic mass is 9.96. The van der Waals surface area contributed by atoms with Crippen LogP contribution in [-0.4, -0.2) is 17.9 Å². The standard InChI is InChI=1S/C11H13NO/c1-3-4-9-12-11(2)7-5-10(13)6-8-11/h5-8,12H,9H2,1-2H3. The van der Waals surface area contributed by atoms with E-state index < -0.39 is 0 Å². The minimum Gasteiger partial charge on any atom is -0.294 e. The van der Waals surface area contributed by atoms with E-state index in [4.69, 9.17) is 0 Å². The molecule has 1 aliphatic rings. The van der Waals surface area contributed by atoms with Crippen molar-refractivity contribution < 1.29 is 4.79 Å². The average molecular weight is 175 g/mol. The van der Waals surface area contributed by atoms with Gasteiger partial charge in [0.15, 0.2) is 5.78 Å². The smallest absolute Gasteiger partial charge is 0.178 e. The molecule has 0 saturated heterocycles. The van der Waals surface area contributed by atoms with Gasteiger partial charge in [0.25, 0.3) is 0 Å². The molecule has 0 saturated carbocycles. The number of rotatable bonds is 2. The van der Waals surface area contributed by atoms with Gasteiger partial charge in [0, 0.05) is 0 Å². The van der Waals surface area contributed by atoms with Crippen LogP contribution >= 0.6 is 0 Å². The van der Waals surface area contributed by atoms with Crippen molar-refractivity contribution in [3.05, 3.63) is 24.3 Å². The Morgan fingerprint density at radius 1 is 1.46 bits per heavy atom. The zero-order chi connectivity index (χ0) is 9.73. The zero-order valence-electron chi connectivity index (χ0n) is 7.92. The lowest BCUT2D eigenvalue weighted by Crippen LogP contribution is -2.40. The van der Waals surface area contributed by atoms with Crippen LogP contribution in [-0.2, 0) is 4.79 Å². The highest BCUT2D eigenvalue weighted by atomic mass is 16.1. The number of ketones is 1. The zero-order valence-corrected chi connectivity index (χ0v) is 7.92. The highest BCUT2D eigenvalue weighted by Crippen LogP contribution is 2.11. The van der Waals surface area contributed by atoms with Crippen LogP contribution in [0.1, 0.15) is 13.8 Å². The summed E-state index contributed by atoms with van der Waals surface area (Å²) in [4.78, 5) is 10.9. The van der Waals surface area contributed by atoms with E-state index in [0.29, 0.717) is 6.54 Å². The Balaban J connectivity index is 2.56. The van der Waals surface area contributed by atoms with Crippen molar-refractivity contribution in [3.63, 3.8) is 0 Å². The quantitative estimate of drug-likeness (QED) is 0.636. The highest BCUT2D eigenvalue weighted by Gasteiger charge is 2.18. The van der Waals surface area contributed by atoms with E-state index in [-0.39, 0.29) is 11.3 Å². The molecule has 0 atom stereocenters. The number of carbonyl (C=O) groups is 1. The maximum Gasteiger partial charge on any atom is 0.178 e. The van der Waals surface area contributed by atoms with Crippen LogP contribution in [0.25, 0.3) is 0 Å². The van der Waals surface area contributed by atoms with Crippen LogP contribution < -0.4 is 5.32 Å². The normalized spacial score (nSPS) is 18.2. The van der Waals surface area contributed by atoms with Crippen LogP contribution in [0.3, 0.4) is 0 Å². The molecule has 1 aliphatic carbocycles. The lowest BCUT2D eigenvalue weighted by Gasteiger charge is -2.24. The molecular weight excluding hydrogens is 162 g/mol.